The average molecular weight is 325 g/mol. The Kier molecular flexibility index (Phi) is 4.77. The van der Waals surface area contributed by atoms with E-state index in [1.54, 1.807) is 24.3 Å². The summed E-state index contributed by atoms with van der Waals surface area (Å²) >= 11 is 1.53. The molecule has 1 aromatic carbocycles. The Morgan fingerprint density at radius 2 is 1.90 bits per heavy atom. The van der Waals surface area contributed by atoms with Gasteiger partial charge in [0.05, 0.1) is 16.6 Å². The second-order valence-electron chi connectivity index (χ2n) is 4.90. The van der Waals surface area contributed by atoms with Crippen LogP contribution in [0.5, 0.6) is 0 Å². The highest BCUT2D eigenvalue weighted by Crippen LogP contribution is 2.27. The molecule has 0 radical (unpaired) electrons. The summed E-state index contributed by atoms with van der Waals surface area (Å²) in [7, 11) is -0.361. The predicted octanol–water partition coefficient (Wildman–Crippen LogP) is 2.47. The third-order valence-corrected chi connectivity index (χ3v) is 6.01. The fourth-order valence-corrected chi connectivity index (χ4v) is 3.59. The molecule has 1 unspecified atom stereocenters. The van der Waals surface area contributed by atoms with Gasteiger partial charge < -0.3 is 5.73 Å². The largest absolute Gasteiger partial charge is 0.322 e. The highest BCUT2D eigenvalue weighted by Gasteiger charge is 2.17. The van der Waals surface area contributed by atoms with Crippen LogP contribution < -0.4 is 5.73 Å². The van der Waals surface area contributed by atoms with E-state index < -0.39 is 10.0 Å². The molecule has 1 aromatic heterocycles. The maximum absolute atomic E-state index is 12.0. The molecule has 0 amide bonds. The summed E-state index contributed by atoms with van der Waals surface area (Å²) in [6.45, 7) is 2.02. The van der Waals surface area contributed by atoms with Gasteiger partial charge in [0.15, 0.2) is 0 Å². The van der Waals surface area contributed by atoms with Gasteiger partial charge in [-0.2, -0.15) is 0 Å². The first kappa shape index (κ1) is 16.1. The van der Waals surface area contributed by atoms with Crippen molar-refractivity contribution < 1.29 is 8.42 Å². The van der Waals surface area contributed by atoms with E-state index in [0.29, 0.717) is 0 Å². The van der Waals surface area contributed by atoms with Crippen molar-refractivity contribution >= 4 is 21.4 Å². The highest BCUT2D eigenvalue weighted by molar-refractivity contribution is 7.89. The van der Waals surface area contributed by atoms with Crippen molar-refractivity contribution in [2.45, 2.75) is 24.3 Å². The standard InChI is InChI=1S/C14H19N3O2S2/c1-4-12(15)14-16-13(9-20-14)10-5-7-11(8-6-10)21(18,19)17(2)3/h5-9,12H,4,15H2,1-3H3. The Morgan fingerprint density at radius 3 is 2.43 bits per heavy atom. The number of benzene rings is 1. The summed E-state index contributed by atoms with van der Waals surface area (Å²) in [6, 6.07) is 6.70. The molecule has 1 atom stereocenters. The number of aromatic nitrogens is 1. The second-order valence-corrected chi connectivity index (χ2v) is 7.94. The lowest BCUT2D eigenvalue weighted by atomic mass is 10.2. The minimum Gasteiger partial charge on any atom is -0.322 e. The lowest BCUT2D eigenvalue weighted by Gasteiger charge is -2.11. The number of hydrogen-bond donors (Lipinski definition) is 1. The quantitative estimate of drug-likeness (QED) is 0.916. The van der Waals surface area contributed by atoms with E-state index in [2.05, 4.69) is 4.98 Å². The highest BCUT2D eigenvalue weighted by atomic mass is 32.2. The molecule has 0 saturated heterocycles. The zero-order valence-electron chi connectivity index (χ0n) is 12.3. The van der Waals surface area contributed by atoms with E-state index in [1.165, 1.54) is 29.7 Å². The van der Waals surface area contributed by atoms with E-state index in [-0.39, 0.29) is 10.9 Å². The molecule has 0 fully saturated rings. The summed E-state index contributed by atoms with van der Waals surface area (Å²) in [5, 5.41) is 2.85. The molecule has 0 aliphatic heterocycles. The van der Waals surface area contributed by atoms with Crippen LogP contribution in [0.15, 0.2) is 34.5 Å². The number of hydrogen-bond acceptors (Lipinski definition) is 5. The molecule has 2 aromatic rings. The Hall–Kier alpha value is -1.28. The molecule has 2 rings (SSSR count). The lowest BCUT2D eigenvalue weighted by Crippen LogP contribution is -2.22. The van der Waals surface area contributed by atoms with Crippen molar-refractivity contribution in [3.05, 3.63) is 34.7 Å². The van der Waals surface area contributed by atoms with Crippen LogP contribution in [-0.2, 0) is 10.0 Å². The molecule has 0 bridgehead atoms. The maximum Gasteiger partial charge on any atom is 0.242 e. The van der Waals surface area contributed by atoms with Gasteiger partial charge in [0.2, 0.25) is 10.0 Å². The normalized spacial score (nSPS) is 13.6. The number of nitrogens with two attached hydrogens (primary N) is 1. The summed E-state index contributed by atoms with van der Waals surface area (Å²) < 4.78 is 25.2. The van der Waals surface area contributed by atoms with Crippen molar-refractivity contribution in [3.63, 3.8) is 0 Å². The number of nitrogens with zero attached hydrogens (tertiary/aromatic N) is 2. The molecule has 5 nitrogen and oxygen atoms in total. The molecule has 0 aliphatic carbocycles. The summed E-state index contributed by atoms with van der Waals surface area (Å²) in [6.07, 6.45) is 0.840. The Bertz CT molecular complexity index is 706. The van der Waals surface area contributed by atoms with Gasteiger partial charge in [-0.3, -0.25) is 0 Å². The molecular formula is C14H19N3O2S2. The van der Waals surface area contributed by atoms with Crippen LogP contribution in [0.2, 0.25) is 0 Å². The lowest BCUT2D eigenvalue weighted by molar-refractivity contribution is 0.521. The van der Waals surface area contributed by atoms with Crippen molar-refractivity contribution in [2.24, 2.45) is 5.73 Å². The monoisotopic (exact) mass is 325 g/mol. The molecule has 0 aliphatic rings. The summed E-state index contributed by atoms with van der Waals surface area (Å²) in [4.78, 5) is 4.79. The molecule has 2 N–H and O–H groups in total. The van der Waals surface area contributed by atoms with Gasteiger partial charge in [-0.1, -0.05) is 19.1 Å². The first-order chi connectivity index (χ1) is 9.86. The number of rotatable bonds is 5. The maximum atomic E-state index is 12.0. The Morgan fingerprint density at radius 1 is 1.29 bits per heavy atom. The predicted molar refractivity (Wildman–Crippen MR) is 85.6 cm³/mol. The van der Waals surface area contributed by atoms with Crippen LogP contribution in [0.4, 0.5) is 0 Å². The van der Waals surface area contributed by atoms with E-state index >= 15 is 0 Å². The summed E-state index contributed by atoms with van der Waals surface area (Å²) in [5.41, 5.74) is 7.68. The van der Waals surface area contributed by atoms with Gasteiger partial charge in [-0.15, -0.1) is 11.3 Å². The second kappa shape index (κ2) is 6.23. The molecule has 114 valence electrons. The van der Waals surface area contributed by atoms with Gasteiger partial charge in [-0.25, -0.2) is 17.7 Å². The van der Waals surface area contributed by atoms with Gasteiger partial charge in [0.25, 0.3) is 0 Å². The van der Waals surface area contributed by atoms with E-state index in [9.17, 15) is 8.42 Å². The van der Waals surface area contributed by atoms with Gasteiger partial charge in [-0.05, 0) is 18.6 Å². The third-order valence-electron chi connectivity index (χ3n) is 3.21. The zero-order chi connectivity index (χ0) is 15.6. The molecule has 7 heteroatoms. The van der Waals surface area contributed by atoms with Crippen LogP contribution in [0.1, 0.15) is 24.4 Å². The minimum absolute atomic E-state index is 0.0443. The molecule has 21 heavy (non-hydrogen) atoms. The van der Waals surface area contributed by atoms with Crippen LogP contribution in [0.25, 0.3) is 11.3 Å². The van der Waals surface area contributed by atoms with Crippen molar-refractivity contribution in [1.29, 1.82) is 0 Å². The van der Waals surface area contributed by atoms with Crippen molar-refractivity contribution in [3.8, 4) is 11.3 Å². The van der Waals surface area contributed by atoms with Gasteiger partial charge in [0.1, 0.15) is 5.01 Å². The molecule has 0 spiro atoms. The fourth-order valence-electron chi connectivity index (χ4n) is 1.77. The molecular weight excluding hydrogens is 306 g/mol. The van der Waals surface area contributed by atoms with Crippen LogP contribution in [-0.4, -0.2) is 31.8 Å². The van der Waals surface area contributed by atoms with E-state index in [1.807, 2.05) is 12.3 Å². The molecule has 0 saturated carbocycles. The topological polar surface area (TPSA) is 76.3 Å². The Balaban J connectivity index is 2.29. The van der Waals surface area contributed by atoms with Gasteiger partial charge in [0, 0.05) is 25.0 Å². The van der Waals surface area contributed by atoms with E-state index in [4.69, 9.17) is 5.73 Å². The zero-order valence-corrected chi connectivity index (χ0v) is 13.9. The van der Waals surface area contributed by atoms with Crippen LogP contribution in [0, 0.1) is 0 Å². The van der Waals surface area contributed by atoms with Gasteiger partial charge >= 0.3 is 0 Å². The summed E-state index contributed by atoms with van der Waals surface area (Å²) in [5.74, 6) is 0. The van der Waals surface area contributed by atoms with E-state index in [0.717, 1.165) is 22.7 Å². The fraction of sp³-hybridized carbons (Fsp3) is 0.357. The molecule has 1 heterocycles. The Labute approximate surface area is 129 Å². The first-order valence-electron chi connectivity index (χ1n) is 6.60. The van der Waals surface area contributed by atoms with Crippen LogP contribution in [0.3, 0.4) is 0 Å². The average Bonchev–Trinajstić information content (AvgIpc) is 2.96. The van der Waals surface area contributed by atoms with Crippen molar-refractivity contribution in [2.75, 3.05) is 14.1 Å². The first-order valence-corrected chi connectivity index (χ1v) is 8.92. The van der Waals surface area contributed by atoms with Crippen LogP contribution >= 0.6 is 11.3 Å². The third kappa shape index (κ3) is 3.32. The van der Waals surface area contributed by atoms with Crippen molar-refractivity contribution in [1.82, 2.24) is 9.29 Å². The smallest absolute Gasteiger partial charge is 0.242 e. The number of thiazole rings is 1. The number of sulfonamides is 1. The minimum atomic E-state index is -3.39. The SMILES string of the molecule is CCC(N)c1nc(-c2ccc(S(=O)(=O)N(C)C)cc2)cs1.